The predicted molar refractivity (Wildman–Crippen MR) is 43.1 cm³/mol. The van der Waals surface area contributed by atoms with Gasteiger partial charge in [-0.1, -0.05) is 12.7 Å². The van der Waals surface area contributed by atoms with Crippen LogP contribution in [0.3, 0.4) is 0 Å². The van der Waals surface area contributed by atoms with E-state index in [1.54, 1.807) is 6.08 Å². The van der Waals surface area contributed by atoms with Crippen molar-refractivity contribution in [3.05, 3.63) is 30.9 Å². The van der Waals surface area contributed by atoms with Gasteiger partial charge in [-0.05, 0) is 12.1 Å². The summed E-state index contributed by atoms with van der Waals surface area (Å²) >= 11 is 0. The average Bonchev–Trinajstić information content (AvgIpc) is 2.60. The zero-order valence-electron chi connectivity index (χ0n) is 6.04. The predicted octanol–water partition coefficient (Wildman–Crippen LogP) is 2.44. The van der Waals surface area contributed by atoms with E-state index in [1.807, 2.05) is 18.2 Å². The third kappa shape index (κ3) is 0.963. The van der Waals surface area contributed by atoms with Gasteiger partial charge in [-0.15, -0.1) is 0 Å². The molecule has 11 heavy (non-hydrogen) atoms. The van der Waals surface area contributed by atoms with E-state index in [-0.39, 0.29) is 0 Å². The van der Waals surface area contributed by atoms with Gasteiger partial charge in [-0.25, -0.2) is 0 Å². The molecule has 0 aliphatic heterocycles. The summed E-state index contributed by atoms with van der Waals surface area (Å²) in [6.45, 7) is 4.08. The molecule has 56 valence electrons. The minimum Gasteiger partial charge on any atom is -0.485 e. The average molecular weight is 148 g/mol. The minimum atomic E-state index is 0.528. The molecule has 0 unspecified atom stereocenters. The third-order valence-corrected chi connectivity index (χ3v) is 1.50. The summed E-state index contributed by atoms with van der Waals surface area (Å²) in [4.78, 5) is 0. The van der Waals surface area contributed by atoms with Crippen LogP contribution in [0, 0.1) is 0 Å². The lowest BCUT2D eigenvalue weighted by molar-refractivity contribution is 0.365. The van der Waals surface area contributed by atoms with Crippen LogP contribution in [0.25, 0.3) is 11.2 Å². The van der Waals surface area contributed by atoms with Crippen molar-refractivity contribution in [3.8, 4) is 5.75 Å². The Morgan fingerprint density at radius 1 is 1.55 bits per heavy atom. The molecule has 0 aliphatic rings. The van der Waals surface area contributed by atoms with Gasteiger partial charge in [0.15, 0.2) is 11.3 Å². The third-order valence-electron chi connectivity index (χ3n) is 1.50. The first-order chi connectivity index (χ1) is 5.40. The van der Waals surface area contributed by atoms with Crippen LogP contribution < -0.4 is 4.74 Å². The van der Waals surface area contributed by atoms with Crippen LogP contribution >= 0.6 is 0 Å². The van der Waals surface area contributed by atoms with Gasteiger partial charge in [-0.2, -0.15) is 0 Å². The van der Waals surface area contributed by atoms with Gasteiger partial charge in [0.05, 0.1) is 0 Å². The molecule has 2 heterocycles. The fourth-order valence-corrected chi connectivity index (χ4v) is 1.02. The van der Waals surface area contributed by atoms with Crippen molar-refractivity contribution in [3.63, 3.8) is 0 Å². The molecule has 2 rings (SSSR count). The van der Waals surface area contributed by atoms with Crippen LogP contribution in [0.15, 0.2) is 35.3 Å². The van der Waals surface area contributed by atoms with E-state index in [1.165, 1.54) is 0 Å². The molecule has 2 aromatic rings. The van der Waals surface area contributed by atoms with Gasteiger partial charge in [0, 0.05) is 6.07 Å². The molecule has 0 radical (unpaired) electrons. The second-order valence-electron chi connectivity index (χ2n) is 2.31. The Bertz CT molecular complexity index is 348. The number of ether oxygens (including phenoxy) is 1. The number of hydrogen-bond donors (Lipinski definition) is 0. The second-order valence-corrected chi connectivity index (χ2v) is 2.31. The van der Waals surface area contributed by atoms with Crippen LogP contribution in [-0.4, -0.2) is 6.61 Å². The van der Waals surface area contributed by atoms with Crippen molar-refractivity contribution in [2.24, 2.45) is 0 Å². The fraction of sp³-hybridized carbons (Fsp3) is 0.111. The van der Waals surface area contributed by atoms with E-state index in [0.717, 1.165) is 16.9 Å². The summed E-state index contributed by atoms with van der Waals surface area (Å²) in [5.41, 5.74) is 1.67. The van der Waals surface area contributed by atoms with E-state index in [4.69, 9.17) is 9.15 Å². The molecule has 0 aliphatic carbocycles. The smallest absolute Gasteiger partial charge is 0.169 e. The van der Waals surface area contributed by atoms with Crippen molar-refractivity contribution in [2.45, 2.75) is 0 Å². The van der Waals surface area contributed by atoms with Crippen molar-refractivity contribution in [1.82, 2.24) is 0 Å². The Labute approximate surface area is 64.4 Å². The maximum absolute atomic E-state index is 5.29. The first-order valence-electron chi connectivity index (χ1n) is 3.46. The zero-order chi connectivity index (χ0) is 7.68. The van der Waals surface area contributed by atoms with Gasteiger partial charge in [-0.3, -0.25) is 0 Å². The van der Waals surface area contributed by atoms with E-state index in [2.05, 4.69) is 6.58 Å². The molecule has 0 saturated heterocycles. The van der Waals surface area contributed by atoms with Gasteiger partial charge in [0.2, 0.25) is 0 Å². The monoisotopic (exact) mass is 148 g/mol. The molecular weight excluding hydrogens is 140 g/mol. The van der Waals surface area contributed by atoms with Crippen LogP contribution in [-0.2, 0) is 0 Å². The van der Waals surface area contributed by atoms with Crippen molar-refractivity contribution < 1.29 is 9.15 Å². The topological polar surface area (TPSA) is 22.4 Å². The Morgan fingerprint density at radius 3 is 3.00 bits per heavy atom. The van der Waals surface area contributed by atoms with Gasteiger partial charge in [0.25, 0.3) is 0 Å². The number of furan rings is 2. The minimum absolute atomic E-state index is 0.528. The molecule has 2 nitrogen and oxygen atoms in total. The van der Waals surface area contributed by atoms with Gasteiger partial charge >= 0.3 is 0 Å². The SMILES string of the molecule is C=CCOc1cc2ccc1o2. The zero-order valence-corrected chi connectivity index (χ0v) is 6.04. The van der Waals surface area contributed by atoms with E-state index < -0.39 is 0 Å². The maximum atomic E-state index is 5.29. The van der Waals surface area contributed by atoms with Gasteiger partial charge < -0.3 is 9.15 Å². The summed E-state index contributed by atoms with van der Waals surface area (Å²) in [6, 6.07) is 5.68. The molecule has 0 amide bonds. The van der Waals surface area contributed by atoms with Crippen LogP contribution in [0.5, 0.6) is 5.75 Å². The largest absolute Gasteiger partial charge is 0.485 e. The Kier molecular flexibility index (Phi) is 1.32. The van der Waals surface area contributed by atoms with Crippen molar-refractivity contribution in [1.29, 1.82) is 0 Å². The molecule has 0 N–H and O–H groups in total. The molecule has 0 atom stereocenters. The first-order valence-corrected chi connectivity index (χ1v) is 3.46. The highest BCUT2D eigenvalue weighted by atomic mass is 16.5. The van der Waals surface area contributed by atoms with E-state index in [0.29, 0.717) is 6.61 Å². The molecule has 2 aromatic heterocycles. The van der Waals surface area contributed by atoms with Crippen molar-refractivity contribution in [2.75, 3.05) is 6.61 Å². The highest BCUT2D eigenvalue weighted by Crippen LogP contribution is 2.28. The molecule has 2 bridgehead atoms. The summed E-state index contributed by atoms with van der Waals surface area (Å²) in [6.07, 6.45) is 1.71. The normalized spacial score (nSPS) is 10.5. The number of rotatable bonds is 3. The van der Waals surface area contributed by atoms with E-state index >= 15 is 0 Å². The highest BCUT2D eigenvalue weighted by Gasteiger charge is 2.05. The van der Waals surface area contributed by atoms with Crippen LogP contribution in [0.2, 0.25) is 0 Å². The molecule has 2 heteroatoms. The quantitative estimate of drug-likeness (QED) is 0.624. The lowest BCUT2D eigenvalue weighted by Gasteiger charge is -1.97. The summed E-state index contributed by atoms with van der Waals surface area (Å²) in [5.74, 6) is 0.808. The number of hydrogen-bond acceptors (Lipinski definition) is 2. The standard InChI is InChI=1S/C9H8O2/c1-2-5-10-9-6-7-3-4-8(9)11-7/h2-4,6H,1,5H2. The van der Waals surface area contributed by atoms with Crippen LogP contribution in [0.4, 0.5) is 0 Å². The summed E-state index contributed by atoms with van der Waals surface area (Å²) < 4.78 is 10.5. The Balaban J connectivity index is 2.24. The molecular formula is C9H8O2. The van der Waals surface area contributed by atoms with Crippen LogP contribution in [0.1, 0.15) is 0 Å². The number of fused-ring (bicyclic) bond motifs is 2. The number of benzene rings is 1. The molecule has 0 spiro atoms. The second kappa shape index (κ2) is 2.31. The lowest BCUT2D eigenvalue weighted by Crippen LogP contribution is -1.90. The first kappa shape index (κ1) is 6.28. The fourth-order valence-electron chi connectivity index (χ4n) is 1.02. The summed E-state index contributed by atoms with van der Waals surface area (Å²) in [7, 11) is 0. The summed E-state index contributed by atoms with van der Waals surface area (Å²) in [5, 5.41) is 0. The Hall–Kier alpha value is -1.44. The maximum Gasteiger partial charge on any atom is 0.169 e. The van der Waals surface area contributed by atoms with Crippen molar-refractivity contribution >= 4 is 11.2 Å². The molecule has 0 aromatic carbocycles. The Morgan fingerprint density at radius 2 is 2.45 bits per heavy atom. The van der Waals surface area contributed by atoms with E-state index in [9.17, 15) is 0 Å². The lowest BCUT2D eigenvalue weighted by atomic mass is 10.3. The molecule has 0 fully saturated rings. The molecule has 0 saturated carbocycles. The van der Waals surface area contributed by atoms with Gasteiger partial charge in [0.1, 0.15) is 12.2 Å². The highest BCUT2D eigenvalue weighted by molar-refractivity contribution is 5.69.